The molecule has 1 amide bonds. The van der Waals surface area contributed by atoms with Gasteiger partial charge < -0.3 is 16.0 Å². The predicted molar refractivity (Wildman–Crippen MR) is 123 cm³/mol. The molecule has 1 unspecified atom stereocenters. The Bertz CT molecular complexity index is 926. The molecule has 3 rings (SSSR count). The van der Waals surface area contributed by atoms with Crippen molar-refractivity contribution in [2.45, 2.75) is 38.6 Å². The van der Waals surface area contributed by atoms with Crippen LogP contribution in [-0.2, 0) is 6.42 Å². The van der Waals surface area contributed by atoms with E-state index in [0.717, 1.165) is 43.1 Å². The topological polar surface area (TPSA) is 84.1 Å². The summed E-state index contributed by atoms with van der Waals surface area (Å²) in [5, 5.41) is 5.93. The summed E-state index contributed by atoms with van der Waals surface area (Å²) in [4.78, 5) is 23.1. The van der Waals surface area contributed by atoms with Crippen LogP contribution in [0.2, 0.25) is 0 Å². The van der Waals surface area contributed by atoms with Crippen LogP contribution in [0.5, 0.6) is 0 Å². The highest BCUT2D eigenvalue weighted by Gasteiger charge is 2.13. The fourth-order valence-electron chi connectivity index (χ4n) is 3.05. The number of unbranched alkanes of at least 4 members (excludes halogenated alkanes) is 1. The molecule has 2 aromatic heterocycles. The van der Waals surface area contributed by atoms with Crippen molar-refractivity contribution < 1.29 is 4.79 Å². The predicted octanol–water partition coefficient (Wildman–Crippen LogP) is 4.79. The van der Waals surface area contributed by atoms with Gasteiger partial charge in [-0.1, -0.05) is 43.7 Å². The third-order valence-electron chi connectivity index (χ3n) is 4.93. The van der Waals surface area contributed by atoms with Gasteiger partial charge in [0, 0.05) is 31.2 Å². The van der Waals surface area contributed by atoms with Crippen LogP contribution in [0.3, 0.4) is 0 Å². The van der Waals surface area contributed by atoms with Gasteiger partial charge in [0.2, 0.25) is 0 Å². The van der Waals surface area contributed by atoms with E-state index in [4.69, 9.17) is 5.73 Å². The molecule has 0 radical (unpaired) electrons. The van der Waals surface area contributed by atoms with Gasteiger partial charge in [-0.3, -0.25) is 4.79 Å². The standard InChI is InChI=1S/C23H29N5OS/c1-3-4-14-28(2)22(29)18-11-13-21(25-15-18)27-23-26-20(16-30-23)19(24)12-10-17-8-6-5-7-9-17/h5-9,11,13,15-16,19H,3-4,10,12,14,24H2,1-2H3,(H,25,26,27). The van der Waals surface area contributed by atoms with Crippen molar-refractivity contribution in [3.8, 4) is 0 Å². The maximum absolute atomic E-state index is 12.4. The number of nitrogens with one attached hydrogen (secondary N) is 1. The van der Waals surface area contributed by atoms with E-state index in [9.17, 15) is 4.79 Å². The Morgan fingerprint density at radius 2 is 2.03 bits per heavy atom. The normalized spacial score (nSPS) is 11.8. The number of thiazole rings is 1. The fourth-order valence-corrected chi connectivity index (χ4v) is 3.83. The SMILES string of the molecule is CCCCN(C)C(=O)c1ccc(Nc2nc(C(N)CCc3ccccc3)cs2)nc1. The van der Waals surface area contributed by atoms with Crippen LogP contribution < -0.4 is 11.1 Å². The van der Waals surface area contributed by atoms with Gasteiger partial charge in [0.15, 0.2) is 5.13 Å². The molecule has 158 valence electrons. The molecule has 1 aromatic carbocycles. The van der Waals surface area contributed by atoms with E-state index in [-0.39, 0.29) is 11.9 Å². The first-order chi connectivity index (χ1) is 14.6. The minimum Gasteiger partial charge on any atom is -0.342 e. The third kappa shape index (κ3) is 6.11. The number of hydrogen-bond acceptors (Lipinski definition) is 6. The van der Waals surface area contributed by atoms with Crippen molar-refractivity contribution in [2.24, 2.45) is 5.73 Å². The molecule has 0 aliphatic heterocycles. The molecule has 3 N–H and O–H groups in total. The lowest BCUT2D eigenvalue weighted by Crippen LogP contribution is -2.27. The molecule has 0 saturated heterocycles. The fraction of sp³-hybridized carbons (Fsp3) is 0.348. The summed E-state index contributed by atoms with van der Waals surface area (Å²) in [7, 11) is 1.82. The first-order valence-corrected chi connectivity index (χ1v) is 11.2. The molecule has 0 fully saturated rings. The number of carbonyl (C=O) groups is 1. The number of nitrogens with zero attached hydrogens (tertiary/aromatic N) is 3. The number of nitrogens with two attached hydrogens (primary N) is 1. The van der Waals surface area contributed by atoms with Gasteiger partial charge in [0.1, 0.15) is 5.82 Å². The molecule has 0 saturated carbocycles. The van der Waals surface area contributed by atoms with E-state index in [0.29, 0.717) is 11.4 Å². The maximum atomic E-state index is 12.4. The number of benzene rings is 1. The number of hydrogen-bond donors (Lipinski definition) is 2. The van der Waals surface area contributed by atoms with Crippen LogP contribution in [-0.4, -0.2) is 34.4 Å². The lowest BCUT2D eigenvalue weighted by Gasteiger charge is -2.16. The summed E-state index contributed by atoms with van der Waals surface area (Å²) in [5.41, 5.74) is 9.07. The van der Waals surface area contributed by atoms with Crippen molar-refractivity contribution in [2.75, 3.05) is 18.9 Å². The van der Waals surface area contributed by atoms with Crippen LogP contribution in [0.25, 0.3) is 0 Å². The summed E-state index contributed by atoms with van der Waals surface area (Å²) in [5.74, 6) is 0.643. The van der Waals surface area contributed by atoms with Crippen LogP contribution >= 0.6 is 11.3 Å². The van der Waals surface area contributed by atoms with Gasteiger partial charge in [-0.05, 0) is 37.0 Å². The van der Waals surface area contributed by atoms with Gasteiger partial charge >= 0.3 is 0 Å². The highest BCUT2D eigenvalue weighted by atomic mass is 32.1. The molecule has 0 bridgehead atoms. The van der Waals surface area contributed by atoms with Gasteiger partial charge in [0.25, 0.3) is 5.91 Å². The molecule has 30 heavy (non-hydrogen) atoms. The number of carbonyl (C=O) groups excluding carboxylic acids is 1. The minimum atomic E-state index is -0.108. The van der Waals surface area contributed by atoms with E-state index in [1.54, 1.807) is 23.2 Å². The number of amides is 1. The Morgan fingerprint density at radius 1 is 1.23 bits per heavy atom. The average Bonchev–Trinajstić information content (AvgIpc) is 3.25. The van der Waals surface area contributed by atoms with E-state index >= 15 is 0 Å². The van der Waals surface area contributed by atoms with E-state index in [1.165, 1.54) is 16.9 Å². The molecule has 0 aliphatic rings. The Labute approximate surface area is 182 Å². The molecule has 6 nitrogen and oxygen atoms in total. The first kappa shape index (κ1) is 21.9. The molecular weight excluding hydrogens is 394 g/mol. The maximum Gasteiger partial charge on any atom is 0.255 e. The van der Waals surface area contributed by atoms with Gasteiger partial charge in [0.05, 0.1) is 11.3 Å². The lowest BCUT2D eigenvalue weighted by atomic mass is 10.0. The molecule has 0 aliphatic carbocycles. The van der Waals surface area contributed by atoms with E-state index in [2.05, 4.69) is 34.3 Å². The minimum absolute atomic E-state index is 0.0107. The number of pyridine rings is 1. The smallest absolute Gasteiger partial charge is 0.255 e. The number of rotatable bonds is 10. The number of anilines is 2. The molecule has 0 spiro atoms. The second kappa shape index (κ2) is 10.8. The van der Waals surface area contributed by atoms with Gasteiger partial charge in [-0.25, -0.2) is 9.97 Å². The molecule has 7 heteroatoms. The zero-order valence-corrected chi connectivity index (χ0v) is 18.4. The van der Waals surface area contributed by atoms with E-state index < -0.39 is 0 Å². The third-order valence-corrected chi connectivity index (χ3v) is 5.70. The molecule has 3 aromatic rings. The van der Waals surface area contributed by atoms with Crippen molar-refractivity contribution in [1.29, 1.82) is 0 Å². The number of aryl methyl sites for hydroxylation is 1. The first-order valence-electron chi connectivity index (χ1n) is 10.3. The monoisotopic (exact) mass is 423 g/mol. The van der Waals surface area contributed by atoms with Crippen molar-refractivity contribution in [3.05, 3.63) is 70.9 Å². The van der Waals surface area contributed by atoms with Crippen LogP contribution in [0.15, 0.2) is 54.0 Å². The van der Waals surface area contributed by atoms with Gasteiger partial charge in [-0.2, -0.15) is 0 Å². The largest absolute Gasteiger partial charge is 0.342 e. The van der Waals surface area contributed by atoms with Crippen LogP contribution in [0.4, 0.5) is 10.9 Å². The van der Waals surface area contributed by atoms with Crippen molar-refractivity contribution >= 4 is 28.2 Å². The van der Waals surface area contributed by atoms with Crippen molar-refractivity contribution in [1.82, 2.24) is 14.9 Å². The molecule has 1 atom stereocenters. The Kier molecular flexibility index (Phi) is 7.93. The van der Waals surface area contributed by atoms with Crippen LogP contribution in [0, 0.1) is 0 Å². The molecule has 2 heterocycles. The molecular formula is C23H29N5OS. The van der Waals surface area contributed by atoms with E-state index in [1.807, 2.05) is 30.6 Å². The summed E-state index contributed by atoms with van der Waals surface area (Å²) in [6.07, 6.45) is 5.42. The zero-order chi connectivity index (χ0) is 21.3. The Hall–Kier alpha value is -2.77. The highest BCUT2D eigenvalue weighted by Crippen LogP contribution is 2.24. The van der Waals surface area contributed by atoms with Crippen molar-refractivity contribution in [3.63, 3.8) is 0 Å². The summed E-state index contributed by atoms with van der Waals surface area (Å²) in [6.45, 7) is 2.86. The second-order valence-corrected chi connectivity index (χ2v) is 8.20. The summed E-state index contributed by atoms with van der Waals surface area (Å²) >= 11 is 1.50. The Balaban J connectivity index is 1.54. The Morgan fingerprint density at radius 3 is 2.73 bits per heavy atom. The summed E-state index contributed by atoms with van der Waals surface area (Å²) < 4.78 is 0. The average molecular weight is 424 g/mol. The van der Waals surface area contributed by atoms with Gasteiger partial charge in [-0.15, -0.1) is 11.3 Å². The summed E-state index contributed by atoms with van der Waals surface area (Å²) in [6, 6.07) is 13.8. The number of aromatic nitrogens is 2. The zero-order valence-electron chi connectivity index (χ0n) is 17.5. The highest BCUT2D eigenvalue weighted by molar-refractivity contribution is 7.13. The lowest BCUT2D eigenvalue weighted by molar-refractivity contribution is 0.0793. The van der Waals surface area contributed by atoms with Crippen LogP contribution in [0.1, 0.15) is 53.8 Å². The second-order valence-electron chi connectivity index (χ2n) is 7.35. The quantitative estimate of drug-likeness (QED) is 0.490.